The molecule has 0 saturated carbocycles. The van der Waals surface area contributed by atoms with Gasteiger partial charge in [-0.3, -0.25) is 0 Å². The van der Waals surface area contributed by atoms with Crippen molar-refractivity contribution in [2.75, 3.05) is 13.1 Å². The summed E-state index contributed by atoms with van der Waals surface area (Å²) < 4.78 is 6.34. The zero-order chi connectivity index (χ0) is 11.7. The zero-order valence-corrected chi connectivity index (χ0v) is 10.8. The number of halogens is 1. The lowest BCUT2D eigenvalue weighted by Gasteiger charge is -1.98. The monoisotopic (exact) mass is 293 g/mol. The van der Waals surface area contributed by atoms with Crippen molar-refractivity contribution in [3.05, 3.63) is 34.6 Å². The Hall–Kier alpha value is -1.20. The first kappa shape index (κ1) is 10.9. The highest BCUT2D eigenvalue weighted by atomic mass is 79.9. The molecule has 88 valence electrons. The van der Waals surface area contributed by atoms with Gasteiger partial charge in [0.15, 0.2) is 0 Å². The molecule has 0 bridgehead atoms. The zero-order valence-electron chi connectivity index (χ0n) is 9.19. The van der Waals surface area contributed by atoms with Gasteiger partial charge in [-0.2, -0.15) is 4.98 Å². The lowest BCUT2D eigenvalue weighted by Crippen LogP contribution is -2.08. The summed E-state index contributed by atoms with van der Waals surface area (Å²) in [6, 6.07) is 7.91. The first-order valence-electron chi connectivity index (χ1n) is 5.63. The van der Waals surface area contributed by atoms with E-state index in [1.54, 1.807) is 0 Å². The topological polar surface area (TPSA) is 51.0 Å². The van der Waals surface area contributed by atoms with Gasteiger partial charge in [-0.05, 0) is 25.1 Å². The van der Waals surface area contributed by atoms with Crippen molar-refractivity contribution in [3.8, 4) is 11.4 Å². The van der Waals surface area contributed by atoms with Crippen molar-refractivity contribution < 1.29 is 4.52 Å². The van der Waals surface area contributed by atoms with Crippen molar-refractivity contribution in [1.29, 1.82) is 0 Å². The minimum atomic E-state index is 0.364. The average molecular weight is 294 g/mol. The van der Waals surface area contributed by atoms with Gasteiger partial charge >= 0.3 is 0 Å². The third kappa shape index (κ3) is 2.25. The molecule has 2 aromatic rings. The van der Waals surface area contributed by atoms with E-state index in [9.17, 15) is 0 Å². The van der Waals surface area contributed by atoms with E-state index in [1.807, 2.05) is 24.3 Å². The minimum absolute atomic E-state index is 0.364. The van der Waals surface area contributed by atoms with E-state index in [1.165, 1.54) is 0 Å². The molecule has 0 unspecified atom stereocenters. The average Bonchev–Trinajstić information content (AvgIpc) is 3.00. The molecule has 3 rings (SSSR count). The van der Waals surface area contributed by atoms with Gasteiger partial charge in [-0.15, -0.1) is 0 Å². The standard InChI is InChI=1S/C12H12BrN3O/c13-10-3-1-2-8(6-10)11-15-12(17-16-11)9-4-5-14-7-9/h1-3,6,9,14H,4-5,7H2/t9-/m1/s1. The molecule has 1 aliphatic heterocycles. The summed E-state index contributed by atoms with van der Waals surface area (Å²) in [5.41, 5.74) is 0.973. The van der Waals surface area contributed by atoms with Gasteiger partial charge in [-0.25, -0.2) is 0 Å². The van der Waals surface area contributed by atoms with Crippen LogP contribution < -0.4 is 5.32 Å². The van der Waals surface area contributed by atoms with E-state index in [0.717, 1.165) is 35.4 Å². The fourth-order valence-electron chi connectivity index (χ4n) is 2.01. The van der Waals surface area contributed by atoms with Crippen LogP contribution in [0.4, 0.5) is 0 Å². The number of nitrogens with zero attached hydrogens (tertiary/aromatic N) is 2. The second-order valence-electron chi connectivity index (χ2n) is 4.16. The van der Waals surface area contributed by atoms with E-state index in [4.69, 9.17) is 4.52 Å². The summed E-state index contributed by atoms with van der Waals surface area (Å²) in [5.74, 6) is 1.77. The molecular weight excluding hydrogens is 282 g/mol. The molecule has 1 N–H and O–H groups in total. The normalized spacial score (nSPS) is 19.7. The number of aromatic nitrogens is 2. The van der Waals surface area contributed by atoms with Crippen LogP contribution in [0.2, 0.25) is 0 Å². The smallest absolute Gasteiger partial charge is 0.231 e. The predicted molar refractivity (Wildman–Crippen MR) is 67.7 cm³/mol. The van der Waals surface area contributed by atoms with Crippen LogP contribution in [-0.2, 0) is 0 Å². The molecule has 4 nitrogen and oxygen atoms in total. The second kappa shape index (κ2) is 4.58. The maximum atomic E-state index is 5.33. The summed E-state index contributed by atoms with van der Waals surface area (Å²) in [6.07, 6.45) is 1.07. The van der Waals surface area contributed by atoms with Crippen molar-refractivity contribution >= 4 is 15.9 Å². The van der Waals surface area contributed by atoms with E-state index in [2.05, 4.69) is 31.4 Å². The third-order valence-corrected chi connectivity index (χ3v) is 3.43. The van der Waals surface area contributed by atoms with Crippen LogP contribution in [0.5, 0.6) is 0 Å². The molecule has 1 aromatic carbocycles. The fraction of sp³-hybridized carbons (Fsp3) is 0.333. The van der Waals surface area contributed by atoms with Gasteiger partial charge < -0.3 is 9.84 Å². The molecule has 1 saturated heterocycles. The van der Waals surface area contributed by atoms with Crippen molar-refractivity contribution in [2.24, 2.45) is 0 Å². The molecule has 1 fully saturated rings. The highest BCUT2D eigenvalue weighted by Crippen LogP contribution is 2.25. The summed E-state index contributed by atoms with van der Waals surface area (Å²) in [6.45, 7) is 1.96. The number of hydrogen-bond acceptors (Lipinski definition) is 4. The summed E-state index contributed by atoms with van der Waals surface area (Å²) in [4.78, 5) is 4.46. The third-order valence-electron chi connectivity index (χ3n) is 2.93. The Morgan fingerprint density at radius 2 is 2.35 bits per heavy atom. The van der Waals surface area contributed by atoms with Crippen LogP contribution in [0.25, 0.3) is 11.4 Å². The van der Waals surface area contributed by atoms with Gasteiger partial charge in [0, 0.05) is 16.6 Å². The Bertz CT molecular complexity index is 520. The van der Waals surface area contributed by atoms with Crippen LogP contribution in [0.1, 0.15) is 18.2 Å². The Morgan fingerprint density at radius 3 is 3.12 bits per heavy atom. The van der Waals surface area contributed by atoms with Crippen LogP contribution in [-0.4, -0.2) is 23.2 Å². The van der Waals surface area contributed by atoms with Gasteiger partial charge in [-0.1, -0.05) is 33.2 Å². The van der Waals surface area contributed by atoms with Crippen LogP contribution in [0, 0.1) is 0 Å². The maximum absolute atomic E-state index is 5.33. The SMILES string of the molecule is Brc1cccc(-c2noc([C@@H]3CCNC3)n2)c1. The lowest BCUT2D eigenvalue weighted by molar-refractivity contribution is 0.359. The Morgan fingerprint density at radius 1 is 1.41 bits per heavy atom. The number of benzene rings is 1. The number of rotatable bonds is 2. The quantitative estimate of drug-likeness (QED) is 0.925. The molecule has 0 spiro atoms. The molecule has 5 heteroatoms. The van der Waals surface area contributed by atoms with Gasteiger partial charge in [0.2, 0.25) is 11.7 Å². The van der Waals surface area contributed by atoms with Crippen molar-refractivity contribution in [2.45, 2.75) is 12.3 Å². The molecule has 0 radical (unpaired) electrons. The molecule has 1 aliphatic rings. The fourth-order valence-corrected chi connectivity index (χ4v) is 2.41. The molecule has 17 heavy (non-hydrogen) atoms. The Balaban J connectivity index is 1.89. The highest BCUT2D eigenvalue weighted by molar-refractivity contribution is 9.10. The summed E-state index contributed by atoms with van der Waals surface area (Å²) >= 11 is 3.44. The van der Waals surface area contributed by atoms with Crippen LogP contribution in [0.15, 0.2) is 33.3 Å². The van der Waals surface area contributed by atoms with Gasteiger partial charge in [0.05, 0.1) is 5.92 Å². The van der Waals surface area contributed by atoms with E-state index < -0.39 is 0 Å². The summed E-state index contributed by atoms with van der Waals surface area (Å²) in [7, 11) is 0. The van der Waals surface area contributed by atoms with E-state index >= 15 is 0 Å². The maximum Gasteiger partial charge on any atom is 0.231 e. The molecule has 0 amide bonds. The molecular formula is C12H12BrN3O. The highest BCUT2D eigenvalue weighted by Gasteiger charge is 2.22. The van der Waals surface area contributed by atoms with Crippen LogP contribution >= 0.6 is 15.9 Å². The van der Waals surface area contributed by atoms with E-state index in [0.29, 0.717) is 11.7 Å². The first-order valence-corrected chi connectivity index (χ1v) is 6.42. The first-order chi connectivity index (χ1) is 8.33. The van der Waals surface area contributed by atoms with Gasteiger partial charge in [0.1, 0.15) is 0 Å². The minimum Gasteiger partial charge on any atom is -0.339 e. The van der Waals surface area contributed by atoms with Crippen molar-refractivity contribution in [1.82, 2.24) is 15.5 Å². The number of hydrogen-bond donors (Lipinski definition) is 1. The molecule has 1 atom stereocenters. The Kier molecular flexibility index (Phi) is 2.94. The number of nitrogens with one attached hydrogen (secondary N) is 1. The van der Waals surface area contributed by atoms with Crippen molar-refractivity contribution in [3.63, 3.8) is 0 Å². The van der Waals surface area contributed by atoms with Crippen LogP contribution in [0.3, 0.4) is 0 Å². The van der Waals surface area contributed by atoms with E-state index in [-0.39, 0.29) is 0 Å². The molecule has 0 aliphatic carbocycles. The molecule has 2 heterocycles. The Labute approximate surface area is 108 Å². The lowest BCUT2D eigenvalue weighted by atomic mass is 10.1. The largest absolute Gasteiger partial charge is 0.339 e. The summed E-state index contributed by atoms with van der Waals surface area (Å²) in [5, 5.41) is 7.33. The van der Waals surface area contributed by atoms with Gasteiger partial charge in [0.25, 0.3) is 0 Å². The molecule has 1 aromatic heterocycles. The predicted octanol–water partition coefficient (Wildman–Crippen LogP) is 2.58. The second-order valence-corrected chi connectivity index (χ2v) is 5.07.